The lowest BCUT2D eigenvalue weighted by Gasteiger charge is -2.22. The second kappa shape index (κ2) is 42.1. The fraction of sp³-hybridized carbons (Fsp3) is 0.938. The summed E-state index contributed by atoms with van der Waals surface area (Å²) in [6.07, 6.45) is 47.6. The van der Waals surface area contributed by atoms with Crippen molar-refractivity contribution < 1.29 is 9.90 Å². The number of carbonyl (C=O) groups excluding carboxylic acids is 1. The molecule has 0 spiro atoms. The summed E-state index contributed by atoms with van der Waals surface area (Å²) < 4.78 is 0. The molecule has 0 atom stereocenters. The van der Waals surface area contributed by atoms with Crippen LogP contribution in [0.2, 0.25) is 0 Å². The Balaban J connectivity index is 4.02. The minimum Gasteiger partial charge on any atom is -0.396 e. The molecule has 0 amide bonds. The Morgan fingerprint density at radius 1 is 0.451 bits per heavy atom. The van der Waals surface area contributed by atoms with Crippen LogP contribution in [0.4, 0.5) is 0 Å². The Kier molecular flexibility index (Phi) is 41.5. The number of Topliss-reactive ketones (excluding diaryl/α,β-unsaturated/α-hetero) is 1. The minimum absolute atomic E-state index is 0.298. The second-order valence-electron chi connectivity index (χ2n) is 16.7. The van der Waals surface area contributed by atoms with Crippen LogP contribution in [0, 0.1) is 5.92 Å². The summed E-state index contributed by atoms with van der Waals surface area (Å²) in [7, 11) is 0. The number of nitrogens with zero attached hydrogens (tertiary/aromatic N) is 1. The number of aliphatic hydroxyl groups excluding tert-OH is 1. The number of hydrogen-bond donors (Lipinski definition) is 1. The Hall–Kier alpha value is -0.670. The maximum absolute atomic E-state index is 13.0. The molecule has 0 unspecified atom stereocenters. The van der Waals surface area contributed by atoms with Crippen LogP contribution in [0.3, 0.4) is 0 Å². The van der Waals surface area contributed by atoms with E-state index in [9.17, 15) is 9.90 Å². The van der Waals surface area contributed by atoms with Gasteiger partial charge >= 0.3 is 0 Å². The van der Waals surface area contributed by atoms with Gasteiger partial charge in [0.2, 0.25) is 0 Å². The number of allylic oxidation sites excluding steroid dienone is 1. The van der Waals surface area contributed by atoms with Gasteiger partial charge in [0.1, 0.15) is 5.78 Å². The second-order valence-corrected chi connectivity index (χ2v) is 16.7. The van der Waals surface area contributed by atoms with Gasteiger partial charge in [0.05, 0.1) is 0 Å². The average molecular weight is 718 g/mol. The highest BCUT2D eigenvalue weighted by Gasteiger charge is 2.14. The molecule has 0 saturated heterocycles. The fourth-order valence-corrected chi connectivity index (χ4v) is 7.89. The predicted octanol–water partition coefficient (Wildman–Crippen LogP) is 15.5. The number of carbonyl (C=O) groups is 1. The SMILES string of the molecule is C=C(CCCCCCCCCC)CCCCCCCN(CCCO)CCCCCCCC(=O)CC(CCCCCCCC)CCCCCCCC. The first-order valence-electron chi connectivity index (χ1n) is 23.6. The molecule has 0 aromatic carbocycles. The average Bonchev–Trinajstić information content (AvgIpc) is 3.13. The first-order valence-corrected chi connectivity index (χ1v) is 23.6. The summed E-state index contributed by atoms with van der Waals surface area (Å²) in [6.45, 7) is 14.9. The monoisotopic (exact) mass is 718 g/mol. The van der Waals surface area contributed by atoms with Crippen molar-refractivity contribution in [3.05, 3.63) is 12.2 Å². The van der Waals surface area contributed by atoms with Gasteiger partial charge in [-0.25, -0.2) is 0 Å². The molecule has 0 aliphatic carbocycles. The molecule has 0 aliphatic heterocycles. The zero-order chi connectivity index (χ0) is 37.3. The molecule has 3 nitrogen and oxygen atoms in total. The number of hydrogen-bond acceptors (Lipinski definition) is 3. The van der Waals surface area contributed by atoms with E-state index in [1.807, 2.05) is 0 Å². The number of unbranched alkanes of at least 4 members (excludes halogenated alkanes) is 25. The van der Waals surface area contributed by atoms with E-state index in [1.165, 1.54) is 224 Å². The van der Waals surface area contributed by atoms with E-state index in [0.717, 1.165) is 38.8 Å². The van der Waals surface area contributed by atoms with Crippen LogP contribution in [0.25, 0.3) is 0 Å². The highest BCUT2D eigenvalue weighted by atomic mass is 16.3. The molecule has 0 aromatic heterocycles. The Morgan fingerprint density at radius 2 is 0.784 bits per heavy atom. The van der Waals surface area contributed by atoms with Gasteiger partial charge in [-0.15, -0.1) is 0 Å². The van der Waals surface area contributed by atoms with Crippen LogP contribution < -0.4 is 0 Å². The molecule has 51 heavy (non-hydrogen) atoms. The van der Waals surface area contributed by atoms with Crippen molar-refractivity contribution in [1.82, 2.24) is 4.90 Å². The van der Waals surface area contributed by atoms with Crippen LogP contribution in [0.15, 0.2) is 12.2 Å². The zero-order valence-electron chi connectivity index (χ0n) is 35.6. The van der Waals surface area contributed by atoms with E-state index in [4.69, 9.17) is 0 Å². The summed E-state index contributed by atoms with van der Waals surface area (Å²) in [5.74, 6) is 1.17. The van der Waals surface area contributed by atoms with E-state index in [-0.39, 0.29) is 0 Å². The van der Waals surface area contributed by atoms with Crippen molar-refractivity contribution in [2.45, 2.75) is 258 Å². The van der Waals surface area contributed by atoms with Crippen LogP contribution >= 0.6 is 0 Å². The maximum atomic E-state index is 13.0. The van der Waals surface area contributed by atoms with Crippen molar-refractivity contribution in [3.63, 3.8) is 0 Å². The van der Waals surface area contributed by atoms with Gasteiger partial charge in [-0.1, -0.05) is 206 Å². The van der Waals surface area contributed by atoms with Crippen LogP contribution in [-0.4, -0.2) is 42.0 Å². The van der Waals surface area contributed by atoms with Crippen molar-refractivity contribution in [3.8, 4) is 0 Å². The van der Waals surface area contributed by atoms with Gasteiger partial charge in [0.15, 0.2) is 0 Å². The normalized spacial score (nSPS) is 11.7. The molecule has 1 N–H and O–H groups in total. The van der Waals surface area contributed by atoms with E-state index in [1.54, 1.807) is 0 Å². The molecule has 0 saturated carbocycles. The molecule has 3 heteroatoms. The lowest BCUT2D eigenvalue weighted by Crippen LogP contribution is -2.27. The van der Waals surface area contributed by atoms with Gasteiger partial charge < -0.3 is 10.0 Å². The van der Waals surface area contributed by atoms with E-state index in [0.29, 0.717) is 18.3 Å². The standard InChI is InChI=1S/C48H95NO2/c1-5-8-11-14-17-18-21-28-36-46(4)37-29-22-19-26-33-41-49(43-35-44-50)42-34-27-20-25-32-40-48(51)45-47(38-30-23-15-12-9-6-2)39-31-24-16-13-10-7-3/h47,50H,4-45H2,1-3H3. The largest absolute Gasteiger partial charge is 0.396 e. The highest BCUT2D eigenvalue weighted by Crippen LogP contribution is 2.24. The first kappa shape index (κ1) is 50.3. The maximum Gasteiger partial charge on any atom is 0.133 e. The molecule has 0 aliphatic rings. The summed E-state index contributed by atoms with van der Waals surface area (Å²) >= 11 is 0. The number of aliphatic hydroxyl groups is 1. The zero-order valence-corrected chi connectivity index (χ0v) is 35.6. The first-order chi connectivity index (χ1) is 25.1. The van der Waals surface area contributed by atoms with Gasteiger partial charge in [-0.2, -0.15) is 0 Å². The quantitative estimate of drug-likeness (QED) is 0.0504. The summed E-state index contributed by atoms with van der Waals surface area (Å²) in [5.41, 5.74) is 1.48. The molecule has 0 heterocycles. The van der Waals surface area contributed by atoms with Crippen molar-refractivity contribution in [2.75, 3.05) is 26.2 Å². The molecule has 304 valence electrons. The van der Waals surface area contributed by atoms with E-state index < -0.39 is 0 Å². The Bertz CT molecular complexity index is 689. The predicted molar refractivity (Wildman–Crippen MR) is 229 cm³/mol. The van der Waals surface area contributed by atoms with Crippen LogP contribution in [0.5, 0.6) is 0 Å². The summed E-state index contributed by atoms with van der Waals surface area (Å²) in [6, 6.07) is 0. The third kappa shape index (κ3) is 38.9. The van der Waals surface area contributed by atoms with Crippen molar-refractivity contribution in [1.29, 1.82) is 0 Å². The molecular formula is C48H95NO2. The fourth-order valence-electron chi connectivity index (χ4n) is 7.89. The lowest BCUT2D eigenvalue weighted by molar-refractivity contribution is -0.120. The highest BCUT2D eigenvalue weighted by molar-refractivity contribution is 5.78. The summed E-state index contributed by atoms with van der Waals surface area (Å²) in [5, 5.41) is 9.42. The molecule has 0 radical (unpaired) electrons. The number of ketones is 1. The minimum atomic E-state index is 0.298. The van der Waals surface area contributed by atoms with Gasteiger partial charge in [-0.05, 0) is 70.4 Å². The molecule has 0 bridgehead atoms. The van der Waals surface area contributed by atoms with E-state index in [2.05, 4.69) is 32.3 Å². The molecule has 0 aromatic rings. The number of rotatable bonds is 44. The third-order valence-electron chi connectivity index (χ3n) is 11.4. The summed E-state index contributed by atoms with van der Waals surface area (Å²) in [4.78, 5) is 15.5. The third-order valence-corrected chi connectivity index (χ3v) is 11.4. The smallest absolute Gasteiger partial charge is 0.133 e. The van der Waals surface area contributed by atoms with Gasteiger partial charge in [0, 0.05) is 26.0 Å². The Labute approximate surface area is 322 Å². The lowest BCUT2D eigenvalue weighted by atomic mass is 9.89. The topological polar surface area (TPSA) is 40.5 Å². The van der Waals surface area contributed by atoms with Gasteiger partial charge in [-0.3, -0.25) is 4.79 Å². The van der Waals surface area contributed by atoms with Gasteiger partial charge in [0.25, 0.3) is 0 Å². The van der Waals surface area contributed by atoms with Crippen molar-refractivity contribution in [2.24, 2.45) is 5.92 Å². The van der Waals surface area contributed by atoms with Crippen LogP contribution in [0.1, 0.15) is 258 Å². The molecule has 0 rings (SSSR count). The van der Waals surface area contributed by atoms with E-state index >= 15 is 0 Å². The van der Waals surface area contributed by atoms with Crippen molar-refractivity contribution >= 4 is 5.78 Å². The molecular weight excluding hydrogens is 623 g/mol. The molecule has 0 fully saturated rings. The van der Waals surface area contributed by atoms with Crippen LogP contribution in [-0.2, 0) is 4.79 Å². The Morgan fingerprint density at radius 3 is 1.20 bits per heavy atom.